The van der Waals surface area contributed by atoms with Crippen LogP contribution in [-0.2, 0) is 9.84 Å². The summed E-state index contributed by atoms with van der Waals surface area (Å²) in [5.74, 6) is 0.587. The summed E-state index contributed by atoms with van der Waals surface area (Å²) in [6.45, 7) is 5.22. The lowest BCUT2D eigenvalue weighted by Gasteiger charge is -2.34. The fourth-order valence-electron chi connectivity index (χ4n) is 3.09. The van der Waals surface area contributed by atoms with E-state index in [4.69, 9.17) is 4.98 Å². The first-order chi connectivity index (χ1) is 11.4. The van der Waals surface area contributed by atoms with E-state index in [1.165, 1.54) is 6.26 Å². The minimum Gasteiger partial charge on any atom is -0.353 e. The van der Waals surface area contributed by atoms with E-state index >= 15 is 0 Å². The molecule has 1 aliphatic heterocycles. The molecule has 1 aromatic heterocycles. The van der Waals surface area contributed by atoms with Gasteiger partial charge in [0.1, 0.15) is 10.7 Å². The van der Waals surface area contributed by atoms with Gasteiger partial charge in [0.25, 0.3) is 0 Å². The molecule has 128 valence electrons. The minimum atomic E-state index is -3.34. The number of aryl methyl sites for hydroxylation is 1. The third kappa shape index (κ3) is 3.44. The molecule has 1 aliphatic rings. The molecule has 0 N–H and O–H groups in total. The van der Waals surface area contributed by atoms with Crippen molar-refractivity contribution in [3.8, 4) is 11.3 Å². The lowest BCUT2D eigenvalue weighted by atomic mass is 10.1. The van der Waals surface area contributed by atoms with Gasteiger partial charge in [0, 0.05) is 38.0 Å². The zero-order chi connectivity index (χ0) is 17.3. The van der Waals surface area contributed by atoms with Crippen molar-refractivity contribution in [3.05, 3.63) is 42.0 Å². The minimum absolute atomic E-state index is 0.353. The Bertz CT molecular complexity index is 827. The molecule has 1 fully saturated rings. The van der Waals surface area contributed by atoms with Crippen molar-refractivity contribution in [2.24, 2.45) is 0 Å². The van der Waals surface area contributed by atoms with Crippen LogP contribution in [0.3, 0.4) is 0 Å². The zero-order valence-electron chi connectivity index (χ0n) is 14.4. The highest BCUT2D eigenvalue weighted by atomic mass is 32.2. The summed E-state index contributed by atoms with van der Waals surface area (Å²) in [5.41, 5.74) is 2.56. The highest BCUT2D eigenvalue weighted by Gasteiger charge is 2.25. The highest BCUT2D eigenvalue weighted by molar-refractivity contribution is 7.91. The summed E-state index contributed by atoms with van der Waals surface area (Å²) in [6.07, 6.45) is 1.26. The lowest BCUT2D eigenvalue weighted by Crippen LogP contribution is -2.45. The molecular weight excluding hydrogens is 322 g/mol. The van der Waals surface area contributed by atoms with E-state index in [1.54, 1.807) is 0 Å². The van der Waals surface area contributed by atoms with E-state index in [-0.39, 0.29) is 0 Å². The van der Waals surface area contributed by atoms with Crippen molar-refractivity contribution in [2.75, 3.05) is 44.4 Å². The van der Waals surface area contributed by atoms with Crippen LogP contribution in [-0.4, -0.2) is 57.8 Å². The van der Waals surface area contributed by atoms with E-state index in [0.29, 0.717) is 10.7 Å². The number of hydrogen-bond acceptors (Lipinski definition) is 5. The first-order valence-electron chi connectivity index (χ1n) is 8.07. The largest absolute Gasteiger partial charge is 0.353 e. The van der Waals surface area contributed by atoms with Crippen molar-refractivity contribution in [2.45, 2.75) is 11.8 Å². The maximum absolute atomic E-state index is 12.4. The molecule has 0 bridgehead atoms. The van der Waals surface area contributed by atoms with E-state index in [2.05, 4.69) is 16.8 Å². The number of piperazine rings is 1. The number of anilines is 1. The van der Waals surface area contributed by atoms with Crippen molar-refractivity contribution in [1.29, 1.82) is 0 Å². The molecule has 1 saturated heterocycles. The van der Waals surface area contributed by atoms with Gasteiger partial charge in [0.15, 0.2) is 9.84 Å². The van der Waals surface area contributed by atoms with E-state index < -0.39 is 9.84 Å². The number of hydrogen-bond donors (Lipinski definition) is 0. The number of nitrogens with zero attached hydrogens (tertiary/aromatic N) is 3. The molecular formula is C18H23N3O2S. The van der Waals surface area contributed by atoms with Crippen LogP contribution in [0.5, 0.6) is 0 Å². The second-order valence-corrected chi connectivity index (χ2v) is 8.36. The van der Waals surface area contributed by atoms with Crippen LogP contribution in [0.4, 0.5) is 5.82 Å². The van der Waals surface area contributed by atoms with Crippen LogP contribution >= 0.6 is 0 Å². The summed E-state index contributed by atoms with van der Waals surface area (Å²) in [5, 5.41) is 0. The van der Waals surface area contributed by atoms with Gasteiger partial charge < -0.3 is 9.80 Å². The standard InChI is InChI=1S/C18H23N3O2S/c1-14-13-16(15-7-5-4-6-8-15)19-18(17(14)24(3,22)23)21-11-9-20(2)10-12-21/h4-8,13H,9-12H2,1-3H3. The van der Waals surface area contributed by atoms with Gasteiger partial charge in [-0.25, -0.2) is 13.4 Å². The van der Waals surface area contributed by atoms with Gasteiger partial charge in [-0.1, -0.05) is 30.3 Å². The quantitative estimate of drug-likeness (QED) is 0.854. The molecule has 0 amide bonds. The third-order valence-corrected chi connectivity index (χ3v) is 5.63. The molecule has 0 aliphatic carbocycles. The third-order valence-electron chi connectivity index (χ3n) is 4.38. The van der Waals surface area contributed by atoms with Gasteiger partial charge >= 0.3 is 0 Å². The molecule has 2 aromatic rings. The van der Waals surface area contributed by atoms with E-state index in [1.807, 2.05) is 43.3 Å². The molecule has 0 radical (unpaired) electrons. The number of likely N-dealkylation sites (N-methyl/N-ethyl adjacent to an activating group) is 1. The fourth-order valence-corrected chi connectivity index (χ4v) is 4.24. The Morgan fingerprint density at radius 1 is 1.04 bits per heavy atom. The molecule has 0 spiro atoms. The molecule has 0 unspecified atom stereocenters. The Morgan fingerprint density at radius 2 is 1.67 bits per heavy atom. The Balaban J connectivity index is 2.14. The average molecular weight is 345 g/mol. The first kappa shape index (κ1) is 16.9. The van der Waals surface area contributed by atoms with Gasteiger partial charge in [0.05, 0.1) is 5.69 Å². The van der Waals surface area contributed by atoms with Crippen LogP contribution in [0.25, 0.3) is 11.3 Å². The van der Waals surface area contributed by atoms with Crippen LogP contribution in [0.15, 0.2) is 41.3 Å². The second kappa shape index (κ2) is 6.53. The Kier molecular flexibility index (Phi) is 4.60. The van der Waals surface area contributed by atoms with Crippen LogP contribution in [0, 0.1) is 6.92 Å². The topological polar surface area (TPSA) is 53.5 Å². The van der Waals surface area contributed by atoms with Gasteiger partial charge in [-0.2, -0.15) is 0 Å². The zero-order valence-corrected chi connectivity index (χ0v) is 15.2. The summed E-state index contributed by atoms with van der Waals surface area (Å²) in [4.78, 5) is 9.43. The molecule has 1 aromatic carbocycles. The number of benzene rings is 1. The molecule has 2 heterocycles. The summed E-state index contributed by atoms with van der Waals surface area (Å²) >= 11 is 0. The number of rotatable bonds is 3. The predicted molar refractivity (Wildman–Crippen MR) is 97.2 cm³/mol. The summed E-state index contributed by atoms with van der Waals surface area (Å²) in [6, 6.07) is 11.7. The average Bonchev–Trinajstić information content (AvgIpc) is 2.54. The SMILES string of the molecule is Cc1cc(-c2ccccc2)nc(N2CCN(C)CC2)c1S(C)(=O)=O. The number of pyridine rings is 1. The van der Waals surface area contributed by atoms with Crippen molar-refractivity contribution < 1.29 is 8.42 Å². The lowest BCUT2D eigenvalue weighted by molar-refractivity contribution is 0.311. The van der Waals surface area contributed by atoms with Gasteiger partial charge in [-0.15, -0.1) is 0 Å². The monoisotopic (exact) mass is 345 g/mol. The normalized spacial score (nSPS) is 16.4. The fraction of sp³-hybridized carbons (Fsp3) is 0.389. The first-order valence-corrected chi connectivity index (χ1v) is 9.96. The van der Waals surface area contributed by atoms with Gasteiger partial charge in [0.2, 0.25) is 0 Å². The summed E-state index contributed by atoms with van der Waals surface area (Å²) in [7, 11) is -1.27. The molecule has 3 rings (SSSR count). The Labute approximate surface area is 143 Å². The molecule has 0 atom stereocenters. The Hall–Kier alpha value is -1.92. The van der Waals surface area contributed by atoms with Crippen molar-refractivity contribution in [3.63, 3.8) is 0 Å². The van der Waals surface area contributed by atoms with Gasteiger partial charge in [-0.05, 0) is 25.6 Å². The second-order valence-electron chi connectivity index (χ2n) is 6.41. The van der Waals surface area contributed by atoms with Crippen molar-refractivity contribution in [1.82, 2.24) is 9.88 Å². The Morgan fingerprint density at radius 3 is 2.25 bits per heavy atom. The smallest absolute Gasteiger partial charge is 0.179 e. The molecule has 0 saturated carbocycles. The summed E-state index contributed by atoms with van der Waals surface area (Å²) < 4.78 is 24.7. The molecule has 5 nitrogen and oxygen atoms in total. The predicted octanol–water partition coefficient (Wildman–Crippen LogP) is 2.21. The number of aromatic nitrogens is 1. The van der Waals surface area contributed by atoms with Crippen molar-refractivity contribution >= 4 is 15.7 Å². The van der Waals surface area contributed by atoms with Crippen LogP contribution in [0.2, 0.25) is 0 Å². The van der Waals surface area contributed by atoms with E-state index in [9.17, 15) is 8.42 Å². The number of sulfone groups is 1. The van der Waals surface area contributed by atoms with Crippen LogP contribution < -0.4 is 4.90 Å². The molecule has 6 heteroatoms. The van der Waals surface area contributed by atoms with E-state index in [0.717, 1.165) is 43.0 Å². The maximum Gasteiger partial charge on any atom is 0.179 e. The molecule has 24 heavy (non-hydrogen) atoms. The maximum atomic E-state index is 12.4. The van der Waals surface area contributed by atoms with Gasteiger partial charge in [-0.3, -0.25) is 0 Å². The van der Waals surface area contributed by atoms with Crippen LogP contribution in [0.1, 0.15) is 5.56 Å². The highest BCUT2D eigenvalue weighted by Crippen LogP contribution is 2.31.